The van der Waals surface area contributed by atoms with Gasteiger partial charge in [-0.05, 0) is 72.7 Å². The second-order valence-electron chi connectivity index (χ2n) is 9.17. The summed E-state index contributed by atoms with van der Waals surface area (Å²) in [5.74, 6) is -0.127. The van der Waals surface area contributed by atoms with Gasteiger partial charge in [0.2, 0.25) is 0 Å². The third-order valence-corrected chi connectivity index (χ3v) is 7.26. The Hall–Kier alpha value is -3.30. The van der Waals surface area contributed by atoms with Gasteiger partial charge in [-0.3, -0.25) is 4.79 Å². The van der Waals surface area contributed by atoms with Gasteiger partial charge in [0.25, 0.3) is 5.91 Å². The third-order valence-electron chi connectivity index (χ3n) is 6.42. The van der Waals surface area contributed by atoms with Crippen LogP contribution in [0.25, 0.3) is 10.9 Å². The molecule has 0 aliphatic rings. The summed E-state index contributed by atoms with van der Waals surface area (Å²) in [5.41, 5.74) is 4.67. The molecule has 0 bridgehead atoms. The highest BCUT2D eigenvalue weighted by atomic mass is 32.2. The molecule has 1 aromatic heterocycles. The zero-order chi connectivity index (χ0) is 26.4. The molecule has 8 heteroatoms. The first kappa shape index (κ1) is 26.8. The van der Waals surface area contributed by atoms with Gasteiger partial charge < -0.3 is 30.9 Å². The first-order valence-electron chi connectivity index (χ1n) is 12.2. The maximum Gasteiger partial charge on any atom is 0.267 e. The van der Waals surface area contributed by atoms with Gasteiger partial charge in [-0.25, -0.2) is 0 Å². The molecular weight excluding hydrogens is 486 g/mol. The Kier molecular flexibility index (Phi) is 8.89. The van der Waals surface area contributed by atoms with Crippen molar-refractivity contribution >= 4 is 28.6 Å². The Morgan fingerprint density at radius 3 is 2.65 bits per heavy atom. The van der Waals surface area contributed by atoms with Gasteiger partial charge in [-0.15, -0.1) is 11.8 Å². The molecule has 7 nitrogen and oxygen atoms in total. The van der Waals surface area contributed by atoms with E-state index in [4.69, 9.17) is 0 Å². The number of aromatic hydroxyl groups is 1. The van der Waals surface area contributed by atoms with Gasteiger partial charge >= 0.3 is 0 Å². The van der Waals surface area contributed by atoms with Gasteiger partial charge in [-0.1, -0.05) is 30.3 Å². The predicted octanol–water partition coefficient (Wildman–Crippen LogP) is 4.27. The number of rotatable bonds is 11. The topological polar surface area (TPSA) is 118 Å². The van der Waals surface area contributed by atoms with Crippen LogP contribution in [0.3, 0.4) is 0 Å². The van der Waals surface area contributed by atoms with Gasteiger partial charge in [0.1, 0.15) is 11.4 Å². The molecule has 0 aliphatic heterocycles. The molecule has 2 atom stereocenters. The molecule has 0 saturated heterocycles. The highest BCUT2D eigenvalue weighted by Gasteiger charge is 2.14. The van der Waals surface area contributed by atoms with Crippen LogP contribution in [0.5, 0.6) is 5.75 Å². The SMILES string of the molecule is CSc1ccccc1CNC(=O)c1cc2cc(CC(C)NC[C@H](O)c3ccc(O)c(CO)c3)ccc2[nH]1. The molecule has 0 spiro atoms. The summed E-state index contributed by atoms with van der Waals surface area (Å²) >= 11 is 1.66. The summed E-state index contributed by atoms with van der Waals surface area (Å²) in [6.07, 6.45) is 2.01. The van der Waals surface area contributed by atoms with Gasteiger partial charge in [0, 0.05) is 40.5 Å². The molecule has 0 fully saturated rings. The largest absolute Gasteiger partial charge is 0.508 e. The zero-order valence-electron chi connectivity index (χ0n) is 21.0. The number of carbonyl (C=O) groups excluding carboxylic acids is 1. The monoisotopic (exact) mass is 519 g/mol. The van der Waals surface area contributed by atoms with E-state index in [-0.39, 0.29) is 24.3 Å². The van der Waals surface area contributed by atoms with Gasteiger partial charge in [0.05, 0.1) is 12.7 Å². The number of aromatic amines is 1. The highest BCUT2D eigenvalue weighted by molar-refractivity contribution is 7.98. The molecule has 0 aliphatic carbocycles. The van der Waals surface area contributed by atoms with Crippen molar-refractivity contribution in [1.29, 1.82) is 0 Å². The lowest BCUT2D eigenvalue weighted by atomic mass is 10.0. The number of H-pyrrole nitrogens is 1. The molecule has 37 heavy (non-hydrogen) atoms. The number of amides is 1. The van der Waals surface area contributed by atoms with Crippen molar-refractivity contribution in [3.8, 4) is 5.75 Å². The normalized spacial score (nSPS) is 13.0. The molecule has 4 aromatic rings. The molecule has 4 rings (SSSR count). The fraction of sp³-hybridized carbons (Fsp3) is 0.276. The third kappa shape index (κ3) is 6.72. The minimum absolute atomic E-state index is 0.0153. The fourth-order valence-corrected chi connectivity index (χ4v) is 4.96. The van der Waals surface area contributed by atoms with E-state index in [1.54, 1.807) is 23.9 Å². The molecular formula is C29H33N3O4S. The summed E-state index contributed by atoms with van der Waals surface area (Å²) in [6, 6.07) is 20.9. The molecule has 1 heterocycles. The number of aliphatic hydroxyl groups is 2. The second-order valence-corrected chi connectivity index (χ2v) is 10.0. The summed E-state index contributed by atoms with van der Waals surface area (Å²) in [7, 11) is 0. The number of benzene rings is 3. The summed E-state index contributed by atoms with van der Waals surface area (Å²) in [5, 5.41) is 36.9. The first-order valence-corrected chi connectivity index (χ1v) is 13.5. The van der Waals surface area contributed by atoms with E-state index in [0.29, 0.717) is 29.9 Å². The van der Waals surface area contributed by atoms with Crippen molar-refractivity contribution in [1.82, 2.24) is 15.6 Å². The number of aromatic nitrogens is 1. The van der Waals surface area contributed by atoms with Gasteiger partial charge in [0.15, 0.2) is 0 Å². The fourth-order valence-electron chi connectivity index (χ4n) is 4.35. The average Bonchev–Trinajstić information content (AvgIpc) is 3.34. The maximum absolute atomic E-state index is 12.8. The van der Waals surface area contributed by atoms with Gasteiger partial charge in [-0.2, -0.15) is 0 Å². The molecule has 6 N–H and O–H groups in total. The number of fused-ring (bicyclic) bond motifs is 1. The molecule has 1 unspecified atom stereocenters. The molecule has 3 aromatic carbocycles. The lowest BCUT2D eigenvalue weighted by molar-refractivity contribution is 0.0946. The number of hydrogen-bond donors (Lipinski definition) is 6. The van der Waals surface area contributed by atoms with E-state index < -0.39 is 6.10 Å². The Labute approximate surface area is 220 Å². The second kappa shape index (κ2) is 12.3. The van der Waals surface area contributed by atoms with Crippen molar-refractivity contribution in [3.63, 3.8) is 0 Å². The Bertz CT molecular complexity index is 1370. The minimum Gasteiger partial charge on any atom is -0.508 e. The van der Waals surface area contributed by atoms with Crippen LogP contribution in [0.1, 0.15) is 45.8 Å². The minimum atomic E-state index is -0.760. The molecule has 0 radical (unpaired) electrons. The number of nitrogens with one attached hydrogen (secondary N) is 3. The van der Waals surface area contributed by atoms with Crippen molar-refractivity contribution in [2.75, 3.05) is 12.8 Å². The van der Waals surface area contributed by atoms with Crippen LogP contribution in [0.15, 0.2) is 71.6 Å². The number of aliphatic hydroxyl groups excluding tert-OH is 2. The Morgan fingerprint density at radius 1 is 1.05 bits per heavy atom. The van der Waals surface area contributed by atoms with E-state index in [9.17, 15) is 20.1 Å². The lowest BCUT2D eigenvalue weighted by Gasteiger charge is -2.18. The number of thioether (sulfide) groups is 1. The summed E-state index contributed by atoms with van der Waals surface area (Å²) in [6.45, 7) is 2.58. The summed E-state index contributed by atoms with van der Waals surface area (Å²) in [4.78, 5) is 17.1. The maximum atomic E-state index is 12.8. The first-order chi connectivity index (χ1) is 17.9. The van der Waals surface area contributed by atoms with Crippen LogP contribution in [0.2, 0.25) is 0 Å². The number of carbonyl (C=O) groups is 1. The summed E-state index contributed by atoms with van der Waals surface area (Å²) < 4.78 is 0. The highest BCUT2D eigenvalue weighted by Crippen LogP contribution is 2.23. The zero-order valence-corrected chi connectivity index (χ0v) is 21.8. The van der Waals surface area contributed by atoms with Crippen LogP contribution in [-0.2, 0) is 19.6 Å². The van der Waals surface area contributed by atoms with E-state index in [1.165, 1.54) is 6.07 Å². The number of hydrogen-bond acceptors (Lipinski definition) is 6. The number of phenols is 1. The standard InChI is InChI=1S/C29H33N3O4S/c1-18(30-16-27(35)20-8-10-26(34)23(13-20)17-33)11-19-7-9-24-22(12-19)14-25(32-24)29(36)31-15-21-5-3-4-6-28(21)37-2/h3-10,12-14,18,27,30,32-35H,11,15-17H2,1-2H3,(H,31,36)/t18?,27-/m0/s1. The van der Waals surface area contributed by atoms with E-state index in [2.05, 4.69) is 28.6 Å². The van der Waals surface area contributed by atoms with E-state index in [0.717, 1.165) is 33.3 Å². The van der Waals surface area contributed by atoms with Crippen molar-refractivity contribution < 1.29 is 20.1 Å². The van der Waals surface area contributed by atoms with Crippen LogP contribution in [0.4, 0.5) is 0 Å². The van der Waals surface area contributed by atoms with Crippen molar-refractivity contribution in [2.24, 2.45) is 0 Å². The molecule has 194 valence electrons. The molecule has 0 saturated carbocycles. The van der Waals surface area contributed by atoms with Crippen LogP contribution < -0.4 is 10.6 Å². The predicted molar refractivity (Wildman–Crippen MR) is 148 cm³/mol. The quantitative estimate of drug-likeness (QED) is 0.165. The van der Waals surface area contributed by atoms with Crippen LogP contribution in [-0.4, -0.2) is 45.1 Å². The smallest absolute Gasteiger partial charge is 0.267 e. The van der Waals surface area contributed by atoms with E-state index >= 15 is 0 Å². The van der Waals surface area contributed by atoms with Crippen LogP contribution in [0, 0.1) is 0 Å². The van der Waals surface area contributed by atoms with Crippen LogP contribution >= 0.6 is 11.8 Å². The Balaban J connectivity index is 1.33. The molecule has 1 amide bonds. The lowest BCUT2D eigenvalue weighted by Crippen LogP contribution is -2.32. The average molecular weight is 520 g/mol. The van der Waals surface area contributed by atoms with E-state index in [1.807, 2.05) is 48.7 Å². The van der Waals surface area contributed by atoms with Crippen molar-refractivity contribution in [3.05, 3.63) is 94.7 Å². The van der Waals surface area contributed by atoms with Crippen molar-refractivity contribution in [2.45, 2.75) is 43.5 Å². The Morgan fingerprint density at radius 2 is 1.86 bits per heavy atom.